The van der Waals surface area contributed by atoms with E-state index in [1.807, 2.05) is 13.8 Å². The third-order valence-electron chi connectivity index (χ3n) is 0.812. The Kier molecular flexibility index (Phi) is 3.04. The van der Waals surface area contributed by atoms with E-state index in [2.05, 4.69) is 4.65 Å². The second-order valence-corrected chi connectivity index (χ2v) is 1.87. The van der Waals surface area contributed by atoms with Crippen LogP contribution in [0.2, 0.25) is 5.82 Å². The predicted molar refractivity (Wildman–Crippen MR) is 30.1 cm³/mol. The van der Waals surface area contributed by atoms with Crippen LogP contribution >= 0.6 is 0 Å². The van der Waals surface area contributed by atoms with Crippen LogP contribution < -0.4 is 0 Å². The zero-order valence-corrected chi connectivity index (χ0v) is 5.01. The summed E-state index contributed by atoms with van der Waals surface area (Å²) in [6.45, 7) is 3.79. The van der Waals surface area contributed by atoms with E-state index in [4.69, 9.17) is 5.02 Å². The smallest absolute Gasteiger partial charge is 0.427 e. The quantitative estimate of drug-likeness (QED) is 0.515. The molecule has 2 nitrogen and oxygen atoms in total. The standard InChI is InChI=1S/C4H11BO2/c1-4(2)5(6)7-3/h4,6H,1-3H3. The molecule has 3 heteroatoms. The maximum Gasteiger partial charge on any atom is 0.456 e. The highest BCUT2D eigenvalue weighted by molar-refractivity contribution is 6.44. The van der Waals surface area contributed by atoms with E-state index in [9.17, 15) is 0 Å². The Morgan fingerprint density at radius 3 is 2.00 bits per heavy atom. The SMILES string of the molecule is COB(O)C(C)C. The first kappa shape index (κ1) is 6.98. The molecule has 0 aliphatic carbocycles. The van der Waals surface area contributed by atoms with E-state index in [1.54, 1.807) is 0 Å². The molecule has 7 heavy (non-hydrogen) atoms. The molecule has 0 atom stereocenters. The van der Waals surface area contributed by atoms with Crippen LogP contribution in [0.4, 0.5) is 0 Å². The summed E-state index contributed by atoms with van der Waals surface area (Å²) in [7, 11) is 0.894. The van der Waals surface area contributed by atoms with E-state index in [-0.39, 0.29) is 5.82 Å². The Bertz CT molecular complexity index is 47.0. The molecular weight excluding hydrogens is 90.9 g/mol. The minimum atomic E-state index is -0.597. The lowest BCUT2D eigenvalue weighted by molar-refractivity contribution is 0.317. The van der Waals surface area contributed by atoms with Gasteiger partial charge in [0.2, 0.25) is 0 Å². The topological polar surface area (TPSA) is 29.5 Å². The van der Waals surface area contributed by atoms with Crippen LogP contribution in [0, 0.1) is 0 Å². The van der Waals surface area contributed by atoms with Crippen molar-refractivity contribution >= 4 is 7.12 Å². The van der Waals surface area contributed by atoms with Crippen molar-refractivity contribution in [3.05, 3.63) is 0 Å². The highest BCUT2D eigenvalue weighted by atomic mass is 16.5. The summed E-state index contributed by atoms with van der Waals surface area (Å²) in [4.78, 5) is 0. The normalized spacial score (nSPS) is 9.86. The third-order valence-corrected chi connectivity index (χ3v) is 0.812. The second-order valence-electron chi connectivity index (χ2n) is 1.87. The molecule has 42 valence electrons. The molecule has 0 aliphatic heterocycles. The Morgan fingerprint density at radius 1 is 1.57 bits per heavy atom. The predicted octanol–water partition coefficient (Wildman–Crippen LogP) is 0.523. The van der Waals surface area contributed by atoms with E-state index >= 15 is 0 Å². The summed E-state index contributed by atoms with van der Waals surface area (Å²) in [5, 5.41) is 8.71. The van der Waals surface area contributed by atoms with Gasteiger partial charge in [-0.05, 0) is 5.82 Å². The molecule has 0 aliphatic rings. The first-order valence-electron chi connectivity index (χ1n) is 2.39. The molecule has 0 spiro atoms. The van der Waals surface area contributed by atoms with Gasteiger partial charge < -0.3 is 9.68 Å². The van der Waals surface area contributed by atoms with Crippen LogP contribution in [0.25, 0.3) is 0 Å². The van der Waals surface area contributed by atoms with Gasteiger partial charge in [0.05, 0.1) is 0 Å². The monoisotopic (exact) mass is 102 g/mol. The summed E-state index contributed by atoms with van der Waals surface area (Å²) in [6, 6.07) is 0. The second kappa shape index (κ2) is 3.05. The van der Waals surface area contributed by atoms with E-state index in [0.717, 1.165) is 0 Å². The van der Waals surface area contributed by atoms with Crippen molar-refractivity contribution < 1.29 is 9.68 Å². The fourth-order valence-electron chi connectivity index (χ4n) is 0.272. The van der Waals surface area contributed by atoms with E-state index in [0.29, 0.717) is 0 Å². The van der Waals surface area contributed by atoms with E-state index in [1.165, 1.54) is 7.11 Å². The van der Waals surface area contributed by atoms with Crippen LogP contribution in [-0.4, -0.2) is 19.3 Å². The van der Waals surface area contributed by atoms with Crippen molar-refractivity contribution in [2.75, 3.05) is 7.11 Å². The number of hydrogen-bond acceptors (Lipinski definition) is 2. The van der Waals surface area contributed by atoms with Gasteiger partial charge in [0.25, 0.3) is 0 Å². The van der Waals surface area contributed by atoms with Crippen LogP contribution in [0.3, 0.4) is 0 Å². The summed E-state index contributed by atoms with van der Waals surface area (Å²) < 4.78 is 4.57. The molecule has 0 unspecified atom stereocenters. The lowest BCUT2D eigenvalue weighted by Crippen LogP contribution is -2.18. The highest BCUT2D eigenvalue weighted by Gasteiger charge is 2.14. The van der Waals surface area contributed by atoms with Crippen molar-refractivity contribution in [3.63, 3.8) is 0 Å². The van der Waals surface area contributed by atoms with Gasteiger partial charge in [-0.25, -0.2) is 0 Å². The van der Waals surface area contributed by atoms with Crippen molar-refractivity contribution in [2.24, 2.45) is 0 Å². The van der Waals surface area contributed by atoms with Crippen molar-refractivity contribution in [1.29, 1.82) is 0 Å². The number of rotatable bonds is 2. The Hall–Kier alpha value is -0.0151. The first-order chi connectivity index (χ1) is 3.18. The molecular formula is C4H11BO2. The van der Waals surface area contributed by atoms with Gasteiger partial charge in [0.1, 0.15) is 0 Å². The molecule has 0 aromatic carbocycles. The van der Waals surface area contributed by atoms with Crippen LogP contribution in [-0.2, 0) is 4.65 Å². The van der Waals surface area contributed by atoms with E-state index < -0.39 is 7.12 Å². The van der Waals surface area contributed by atoms with Gasteiger partial charge in [0, 0.05) is 7.11 Å². The van der Waals surface area contributed by atoms with Crippen LogP contribution in [0.15, 0.2) is 0 Å². The van der Waals surface area contributed by atoms with Gasteiger partial charge in [0.15, 0.2) is 0 Å². The molecule has 0 radical (unpaired) electrons. The minimum Gasteiger partial charge on any atom is -0.427 e. The maximum absolute atomic E-state index is 8.71. The summed E-state index contributed by atoms with van der Waals surface area (Å²) in [6.07, 6.45) is 0. The largest absolute Gasteiger partial charge is 0.456 e. The average molecular weight is 102 g/mol. The highest BCUT2D eigenvalue weighted by Crippen LogP contribution is 2.02. The zero-order valence-electron chi connectivity index (χ0n) is 5.01. The Morgan fingerprint density at radius 2 is 2.00 bits per heavy atom. The summed E-state index contributed by atoms with van der Waals surface area (Å²) in [5.74, 6) is 0.199. The van der Waals surface area contributed by atoms with Crippen molar-refractivity contribution in [2.45, 2.75) is 19.7 Å². The lowest BCUT2D eigenvalue weighted by atomic mass is 9.75. The lowest BCUT2D eigenvalue weighted by Gasteiger charge is -2.04. The molecule has 0 amide bonds. The Labute approximate surface area is 44.6 Å². The number of hydrogen-bond donors (Lipinski definition) is 1. The molecule has 0 bridgehead atoms. The first-order valence-corrected chi connectivity index (χ1v) is 2.39. The molecule has 0 rings (SSSR count). The van der Waals surface area contributed by atoms with Crippen LogP contribution in [0.5, 0.6) is 0 Å². The summed E-state index contributed by atoms with van der Waals surface area (Å²) in [5.41, 5.74) is 0. The molecule has 0 saturated heterocycles. The van der Waals surface area contributed by atoms with Gasteiger partial charge >= 0.3 is 7.12 Å². The molecule has 0 aromatic heterocycles. The van der Waals surface area contributed by atoms with Crippen LogP contribution in [0.1, 0.15) is 13.8 Å². The van der Waals surface area contributed by atoms with Gasteiger partial charge in [-0.1, -0.05) is 13.8 Å². The zero-order chi connectivity index (χ0) is 5.86. The van der Waals surface area contributed by atoms with Crippen molar-refractivity contribution in [3.8, 4) is 0 Å². The molecule has 0 saturated carbocycles. The Balaban J connectivity index is 3.14. The minimum absolute atomic E-state index is 0.199. The third kappa shape index (κ3) is 2.65. The molecule has 0 heterocycles. The fraction of sp³-hybridized carbons (Fsp3) is 1.00. The molecule has 0 fully saturated rings. The summed E-state index contributed by atoms with van der Waals surface area (Å²) >= 11 is 0. The maximum atomic E-state index is 8.71. The molecule has 1 N–H and O–H groups in total. The van der Waals surface area contributed by atoms with Crippen molar-refractivity contribution in [1.82, 2.24) is 0 Å². The fourth-order valence-corrected chi connectivity index (χ4v) is 0.272. The molecule has 0 aromatic rings. The van der Waals surface area contributed by atoms with Gasteiger partial charge in [-0.2, -0.15) is 0 Å². The average Bonchev–Trinajstić information content (AvgIpc) is 1.65. The van der Waals surface area contributed by atoms with Gasteiger partial charge in [-0.15, -0.1) is 0 Å². The van der Waals surface area contributed by atoms with Gasteiger partial charge in [-0.3, -0.25) is 0 Å².